The van der Waals surface area contributed by atoms with E-state index in [0.717, 1.165) is 5.56 Å². The molecular weight excluding hydrogens is 178 g/mol. The first-order valence-electron chi connectivity index (χ1n) is 4.57. The number of carbonyl (C=O) groups is 1. The SMILES string of the molecule is C[C@H](N)C(=O)N[C@H](C)c1ccncc1. The molecule has 0 aliphatic rings. The van der Waals surface area contributed by atoms with Crippen LogP contribution in [0.3, 0.4) is 0 Å². The van der Waals surface area contributed by atoms with Crippen LogP contribution in [-0.4, -0.2) is 16.9 Å². The van der Waals surface area contributed by atoms with Crippen molar-refractivity contribution in [2.24, 2.45) is 5.73 Å². The Bertz CT molecular complexity index is 297. The summed E-state index contributed by atoms with van der Waals surface area (Å²) in [6.45, 7) is 3.57. The number of hydrogen-bond donors (Lipinski definition) is 2. The zero-order valence-corrected chi connectivity index (χ0v) is 8.40. The Labute approximate surface area is 83.5 Å². The number of hydrogen-bond acceptors (Lipinski definition) is 3. The highest BCUT2D eigenvalue weighted by molar-refractivity contribution is 5.81. The van der Waals surface area contributed by atoms with Gasteiger partial charge in [0.2, 0.25) is 5.91 Å². The van der Waals surface area contributed by atoms with Gasteiger partial charge in [0, 0.05) is 12.4 Å². The molecule has 0 spiro atoms. The predicted octanol–water partition coefficient (Wildman–Crippen LogP) is 0.606. The van der Waals surface area contributed by atoms with Gasteiger partial charge in [-0.05, 0) is 31.5 Å². The zero-order valence-electron chi connectivity index (χ0n) is 8.40. The van der Waals surface area contributed by atoms with Gasteiger partial charge in [0.15, 0.2) is 0 Å². The van der Waals surface area contributed by atoms with E-state index in [4.69, 9.17) is 5.73 Å². The highest BCUT2D eigenvalue weighted by Crippen LogP contribution is 2.09. The molecule has 0 fully saturated rings. The molecule has 1 aromatic rings. The van der Waals surface area contributed by atoms with E-state index in [0.29, 0.717) is 0 Å². The van der Waals surface area contributed by atoms with E-state index in [1.807, 2.05) is 19.1 Å². The Morgan fingerprint density at radius 2 is 2.00 bits per heavy atom. The summed E-state index contributed by atoms with van der Waals surface area (Å²) in [6, 6.07) is 3.23. The number of nitrogens with two attached hydrogens (primary N) is 1. The summed E-state index contributed by atoms with van der Waals surface area (Å²) in [5, 5.41) is 2.80. The molecule has 0 saturated carbocycles. The molecule has 76 valence electrons. The number of nitrogens with zero attached hydrogens (tertiary/aromatic N) is 1. The summed E-state index contributed by atoms with van der Waals surface area (Å²) in [7, 11) is 0. The van der Waals surface area contributed by atoms with Crippen LogP contribution >= 0.6 is 0 Å². The van der Waals surface area contributed by atoms with Crippen molar-refractivity contribution >= 4 is 5.91 Å². The molecule has 4 nitrogen and oxygen atoms in total. The molecule has 4 heteroatoms. The number of pyridine rings is 1. The van der Waals surface area contributed by atoms with Crippen LogP contribution in [0.4, 0.5) is 0 Å². The van der Waals surface area contributed by atoms with Gasteiger partial charge in [-0.2, -0.15) is 0 Å². The molecule has 2 atom stereocenters. The lowest BCUT2D eigenvalue weighted by molar-refractivity contribution is -0.122. The van der Waals surface area contributed by atoms with Crippen molar-refractivity contribution in [1.29, 1.82) is 0 Å². The number of rotatable bonds is 3. The molecule has 0 unspecified atom stereocenters. The van der Waals surface area contributed by atoms with Gasteiger partial charge in [0.05, 0.1) is 12.1 Å². The molecule has 3 N–H and O–H groups in total. The Kier molecular flexibility index (Phi) is 3.59. The van der Waals surface area contributed by atoms with E-state index >= 15 is 0 Å². The fourth-order valence-corrected chi connectivity index (χ4v) is 1.08. The first kappa shape index (κ1) is 10.7. The minimum Gasteiger partial charge on any atom is -0.348 e. The van der Waals surface area contributed by atoms with Crippen LogP contribution in [0.15, 0.2) is 24.5 Å². The molecule has 0 radical (unpaired) electrons. The summed E-state index contributed by atoms with van der Waals surface area (Å²) in [5.41, 5.74) is 6.46. The maximum absolute atomic E-state index is 11.3. The number of amides is 1. The monoisotopic (exact) mass is 193 g/mol. The maximum atomic E-state index is 11.3. The van der Waals surface area contributed by atoms with Gasteiger partial charge < -0.3 is 11.1 Å². The van der Waals surface area contributed by atoms with Crippen LogP contribution in [0.25, 0.3) is 0 Å². The second-order valence-corrected chi connectivity index (χ2v) is 3.30. The lowest BCUT2D eigenvalue weighted by Gasteiger charge is -2.15. The second kappa shape index (κ2) is 4.72. The van der Waals surface area contributed by atoms with Gasteiger partial charge in [0.25, 0.3) is 0 Å². The maximum Gasteiger partial charge on any atom is 0.237 e. The number of carbonyl (C=O) groups excluding carboxylic acids is 1. The van der Waals surface area contributed by atoms with Crippen molar-refractivity contribution in [3.8, 4) is 0 Å². The van der Waals surface area contributed by atoms with Gasteiger partial charge in [0.1, 0.15) is 0 Å². The van der Waals surface area contributed by atoms with Crippen LogP contribution in [0, 0.1) is 0 Å². The van der Waals surface area contributed by atoms with Crippen molar-refractivity contribution in [3.63, 3.8) is 0 Å². The Hall–Kier alpha value is -1.42. The third kappa shape index (κ3) is 2.81. The predicted molar refractivity (Wildman–Crippen MR) is 54.4 cm³/mol. The number of nitrogens with one attached hydrogen (secondary N) is 1. The Balaban J connectivity index is 2.59. The van der Waals surface area contributed by atoms with Crippen LogP contribution < -0.4 is 11.1 Å². The fourth-order valence-electron chi connectivity index (χ4n) is 1.08. The molecule has 1 aromatic heterocycles. The summed E-state index contributed by atoms with van der Waals surface area (Å²) < 4.78 is 0. The summed E-state index contributed by atoms with van der Waals surface area (Å²) >= 11 is 0. The average molecular weight is 193 g/mol. The third-order valence-corrected chi connectivity index (χ3v) is 1.98. The molecule has 0 saturated heterocycles. The lowest BCUT2D eigenvalue weighted by Crippen LogP contribution is -2.39. The smallest absolute Gasteiger partial charge is 0.237 e. The molecule has 1 heterocycles. The average Bonchev–Trinajstić information content (AvgIpc) is 2.19. The van der Waals surface area contributed by atoms with Crippen molar-refractivity contribution in [2.75, 3.05) is 0 Å². The molecule has 1 rings (SSSR count). The second-order valence-electron chi connectivity index (χ2n) is 3.30. The Morgan fingerprint density at radius 3 is 2.50 bits per heavy atom. The summed E-state index contributed by atoms with van der Waals surface area (Å²) in [6.07, 6.45) is 3.40. The fraction of sp³-hybridized carbons (Fsp3) is 0.400. The first-order chi connectivity index (χ1) is 6.61. The quantitative estimate of drug-likeness (QED) is 0.739. The van der Waals surface area contributed by atoms with Crippen LogP contribution in [0.2, 0.25) is 0 Å². The zero-order chi connectivity index (χ0) is 10.6. The molecule has 0 aliphatic heterocycles. The highest BCUT2D eigenvalue weighted by Gasteiger charge is 2.11. The van der Waals surface area contributed by atoms with Crippen molar-refractivity contribution in [2.45, 2.75) is 25.9 Å². The van der Waals surface area contributed by atoms with Gasteiger partial charge in [-0.1, -0.05) is 0 Å². The molecule has 0 bridgehead atoms. The molecular formula is C10H15N3O. The minimum absolute atomic E-state index is 0.0310. The van der Waals surface area contributed by atoms with E-state index in [2.05, 4.69) is 10.3 Å². The van der Waals surface area contributed by atoms with Gasteiger partial charge >= 0.3 is 0 Å². The van der Waals surface area contributed by atoms with Crippen molar-refractivity contribution in [1.82, 2.24) is 10.3 Å². The van der Waals surface area contributed by atoms with Crippen LogP contribution in [-0.2, 0) is 4.79 Å². The van der Waals surface area contributed by atoms with E-state index in [1.54, 1.807) is 19.3 Å². The number of aromatic nitrogens is 1. The topological polar surface area (TPSA) is 68.0 Å². The van der Waals surface area contributed by atoms with Gasteiger partial charge in [-0.25, -0.2) is 0 Å². The van der Waals surface area contributed by atoms with Crippen LogP contribution in [0.5, 0.6) is 0 Å². The van der Waals surface area contributed by atoms with Crippen molar-refractivity contribution in [3.05, 3.63) is 30.1 Å². The third-order valence-electron chi connectivity index (χ3n) is 1.98. The Morgan fingerprint density at radius 1 is 1.43 bits per heavy atom. The molecule has 0 aromatic carbocycles. The lowest BCUT2D eigenvalue weighted by atomic mass is 10.1. The van der Waals surface area contributed by atoms with E-state index in [-0.39, 0.29) is 11.9 Å². The normalized spacial score (nSPS) is 14.5. The van der Waals surface area contributed by atoms with Gasteiger partial charge in [-0.3, -0.25) is 9.78 Å². The van der Waals surface area contributed by atoms with Crippen molar-refractivity contribution < 1.29 is 4.79 Å². The van der Waals surface area contributed by atoms with Crippen LogP contribution in [0.1, 0.15) is 25.5 Å². The first-order valence-corrected chi connectivity index (χ1v) is 4.57. The molecule has 0 aliphatic carbocycles. The largest absolute Gasteiger partial charge is 0.348 e. The van der Waals surface area contributed by atoms with E-state index in [1.165, 1.54) is 0 Å². The standard InChI is InChI=1S/C10H15N3O/c1-7(11)10(14)13-8(2)9-3-5-12-6-4-9/h3-8H,11H2,1-2H3,(H,13,14)/t7-,8+/m0/s1. The summed E-state index contributed by atoms with van der Waals surface area (Å²) in [5.74, 6) is -0.144. The van der Waals surface area contributed by atoms with E-state index < -0.39 is 6.04 Å². The van der Waals surface area contributed by atoms with E-state index in [9.17, 15) is 4.79 Å². The van der Waals surface area contributed by atoms with Gasteiger partial charge in [-0.15, -0.1) is 0 Å². The minimum atomic E-state index is -0.473. The highest BCUT2D eigenvalue weighted by atomic mass is 16.2. The summed E-state index contributed by atoms with van der Waals surface area (Å²) in [4.78, 5) is 15.2. The molecule has 14 heavy (non-hydrogen) atoms. The molecule has 1 amide bonds.